The van der Waals surface area contributed by atoms with Crippen LogP contribution in [0.15, 0.2) is 23.6 Å². The number of nitrogens with two attached hydrogens (primary N) is 1. The Labute approximate surface area is 118 Å². The Morgan fingerprint density at radius 3 is 2.85 bits per heavy atom. The van der Waals surface area contributed by atoms with E-state index >= 15 is 0 Å². The summed E-state index contributed by atoms with van der Waals surface area (Å²) in [6.45, 7) is 1.88. The average Bonchev–Trinajstić information content (AvgIpc) is 2.87. The van der Waals surface area contributed by atoms with Crippen LogP contribution in [0.4, 0.5) is 8.78 Å². The van der Waals surface area contributed by atoms with Gasteiger partial charge in [-0.3, -0.25) is 4.79 Å². The van der Waals surface area contributed by atoms with Crippen LogP contribution in [0.2, 0.25) is 0 Å². The quantitative estimate of drug-likeness (QED) is 0.910. The van der Waals surface area contributed by atoms with Crippen molar-refractivity contribution in [2.24, 2.45) is 5.73 Å². The van der Waals surface area contributed by atoms with E-state index in [9.17, 15) is 13.6 Å². The molecule has 0 saturated heterocycles. The predicted octanol–water partition coefficient (Wildman–Crippen LogP) is 2.37. The molecule has 2 aromatic rings. The Bertz CT molecular complexity index is 630. The van der Waals surface area contributed by atoms with Crippen LogP contribution in [-0.2, 0) is 6.54 Å². The topological polar surface area (TPSA) is 68.0 Å². The lowest BCUT2D eigenvalue weighted by Gasteiger charge is -2.14. The second-order valence-electron chi connectivity index (χ2n) is 4.19. The molecule has 0 aliphatic rings. The number of benzene rings is 1. The van der Waals surface area contributed by atoms with Gasteiger partial charge in [-0.15, -0.1) is 11.3 Å². The van der Waals surface area contributed by atoms with Gasteiger partial charge in [-0.1, -0.05) is 6.07 Å². The Morgan fingerprint density at radius 1 is 1.50 bits per heavy atom. The van der Waals surface area contributed by atoms with Gasteiger partial charge >= 0.3 is 0 Å². The van der Waals surface area contributed by atoms with Gasteiger partial charge in [0.15, 0.2) is 0 Å². The van der Waals surface area contributed by atoms with E-state index in [1.807, 2.05) is 0 Å². The first-order valence-corrected chi connectivity index (χ1v) is 6.79. The standard InChI is InChI=1S/C13H13F2N3OS/c1-7(9-3-2-8(14)4-10(9)15)17-13(19)11-6-20-12(5-16)18-11/h2-4,6-7H,5,16H2,1H3,(H,17,19). The van der Waals surface area contributed by atoms with E-state index in [2.05, 4.69) is 10.3 Å². The third kappa shape index (κ3) is 3.17. The summed E-state index contributed by atoms with van der Waals surface area (Å²) in [5.41, 5.74) is 5.88. The molecule has 1 atom stereocenters. The summed E-state index contributed by atoms with van der Waals surface area (Å²) in [7, 11) is 0. The van der Waals surface area contributed by atoms with Crippen LogP contribution in [0.1, 0.15) is 34.0 Å². The molecule has 4 nitrogen and oxygen atoms in total. The normalized spacial score (nSPS) is 12.2. The van der Waals surface area contributed by atoms with E-state index in [0.717, 1.165) is 12.1 Å². The van der Waals surface area contributed by atoms with E-state index < -0.39 is 23.6 Å². The zero-order chi connectivity index (χ0) is 14.7. The van der Waals surface area contributed by atoms with Gasteiger partial charge in [0, 0.05) is 23.6 Å². The van der Waals surface area contributed by atoms with Crippen molar-refractivity contribution in [2.45, 2.75) is 19.5 Å². The van der Waals surface area contributed by atoms with Crippen molar-refractivity contribution in [1.29, 1.82) is 0 Å². The van der Waals surface area contributed by atoms with E-state index in [1.165, 1.54) is 17.4 Å². The Hall–Kier alpha value is -1.86. The number of nitrogens with zero attached hydrogens (tertiary/aromatic N) is 1. The maximum absolute atomic E-state index is 13.6. The summed E-state index contributed by atoms with van der Waals surface area (Å²) >= 11 is 1.29. The number of aromatic nitrogens is 1. The fourth-order valence-corrected chi connectivity index (χ4v) is 2.36. The highest BCUT2D eigenvalue weighted by Crippen LogP contribution is 2.18. The number of hydrogen-bond donors (Lipinski definition) is 2. The molecule has 0 spiro atoms. The fraction of sp³-hybridized carbons (Fsp3) is 0.231. The molecule has 0 bridgehead atoms. The van der Waals surface area contributed by atoms with Gasteiger partial charge < -0.3 is 11.1 Å². The molecule has 1 amide bonds. The number of thiazole rings is 1. The van der Waals surface area contributed by atoms with Gasteiger partial charge in [-0.05, 0) is 13.0 Å². The summed E-state index contributed by atoms with van der Waals surface area (Å²) in [6, 6.07) is 2.65. The lowest BCUT2D eigenvalue weighted by molar-refractivity contribution is 0.0935. The van der Waals surface area contributed by atoms with Crippen molar-refractivity contribution < 1.29 is 13.6 Å². The minimum atomic E-state index is -0.696. The Kier molecular flexibility index (Phi) is 4.41. The van der Waals surface area contributed by atoms with Gasteiger partial charge in [-0.25, -0.2) is 13.8 Å². The van der Waals surface area contributed by atoms with Crippen LogP contribution < -0.4 is 11.1 Å². The number of hydrogen-bond acceptors (Lipinski definition) is 4. The third-order valence-corrected chi connectivity index (χ3v) is 3.61. The SMILES string of the molecule is CC(NC(=O)c1csc(CN)n1)c1ccc(F)cc1F. The van der Waals surface area contributed by atoms with E-state index in [1.54, 1.807) is 12.3 Å². The molecule has 0 saturated carbocycles. The summed E-state index contributed by atoms with van der Waals surface area (Å²) in [5.74, 6) is -1.77. The molecule has 1 heterocycles. The molecule has 7 heteroatoms. The molecule has 0 aliphatic carbocycles. The van der Waals surface area contributed by atoms with Crippen LogP contribution in [0.3, 0.4) is 0 Å². The maximum Gasteiger partial charge on any atom is 0.271 e. The van der Waals surface area contributed by atoms with Crippen molar-refractivity contribution >= 4 is 17.2 Å². The highest BCUT2D eigenvalue weighted by molar-refractivity contribution is 7.09. The maximum atomic E-state index is 13.6. The van der Waals surface area contributed by atoms with Crippen LogP contribution >= 0.6 is 11.3 Å². The highest BCUT2D eigenvalue weighted by Gasteiger charge is 2.17. The van der Waals surface area contributed by atoms with Gasteiger partial charge in [-0.2, -0.15) is 0 Å². The molecule has 3 N–H and O–H groups in total. The fourth-order valence-electron chi connectivity index (χ4n) is 1.71. The number of halogens is 2. The predicted molar refractivity (Wildman–Crippen MR) is 72.2 cm³/mol. The highest BCUT2D eigenvalue weighted by atomic mass is 32.1. The number of carbonyl (C=O) groups is 1. The van der Waals surface area contributed by atoms with Gasteiger partial charge in [0.05, 0.1) is 6.04 Å². The number of carbonyl (C=O) groups excluding carboxylic acids is 1. The molecule has 106 valence electrons. The smallest absolute Gasteiger partial charge is 0.271 e. The Balaban J connectivity index is 2.10. The van der Waals surface area contributed by atoms with Gasteiger partial charge in [0.2, 0.25) is 0 Å². The molecule has 0 aliphatic heterocycles. The zero-order valence-corrected chi connectivity index (χ0v) is 11.5. The minimum absolute atomic E-state index is 0.217. The number of amides is 1. The lowest BCUT2D eigenvalue weighted by atomic mass is 10.1. The molecule has 1 unspecified atom stereocenters. The molecule has 0 radical (unpaired) electrons. The molecule has 20 heavy (non-hydrogen) atoms. The van der Waals surface area contributed by atoms with Crippen molar-refractivity contribution in [3.63, 3.8) is 0 Å². The second kappa shape index (κ2) is 6.06. The van der Waals surface area contributed by atoms with E-state index in [0.29, 0.717) is 5.01 Å². The summed E-state index contributed by atoms with van der Waals surface area (Å²) in [5, 5.41) is 4.85. The molecular weight excluding hydrogens is 284 g/mol. The second-order valence-corrected chi connectivity index (χ2v) is 5.13. The average molecular weight is 297 g/mol. The first-order valence-electron chi connectivity index (χ1n) is 5.91. The molecular formula is C13H13F2N3OS. The van der Waals surface area contributed by atoms with Crippen molar-refractivity contribution in [3.8, 4) is 0 Å². The molecule has 0 fully saturated rings. The first-order chi connectivity index (χ1) is 9.51. The van der Waals surface area contributed by atoms with E-state index in [-0.39, 0.29) is 17.8 Å². The van der Waals surface area contributed by atoms with Crippen molar-refractivity contribution in [2.75, 3.05) is 0 Å². The summed E-state index contributed by atoms with van der Waals surface area (Å²) in [4.78, 5) is 16.0. The number of nitrogens with one attached hydrogen (secondary N) is 1. The lowest BCUT2D eigenvalue weighted by Crippen LogP contribution is -2.27. The third-order valence-electron chi connectivity index (χ3n) is 2.74. The first kappa shape index (κ1) is 14.5. The molecule has 1 aromatic carbocycles. The number of rotatable bonds is 4. The van der Waals surface area contributed by atoms with Crippen LogP contribution in [-0.4, -0.2) is 10.9 Å². The van der Waals surface area contributed by atoms with E-state index in [4.69, 9.17) is 5.73 Å². The monoisotopic (exact) mass is 297 g/mol. The Morgan fingerprint density at radius 2 is 2.25 bits per heavy atom. The summed E-state index contributed by atoms with van der Waals surface area (Å²) < 4.78 is 26.4. The van der Waals surface area contributed by atoms with Gasteiger partial charge in [0.25, 0.3) is 5.91 Å². The van der Waals surface area contributed by atoms with Gasteiger partial charge in [0.1, 0.15) is 22.3 Å². The minimum Gasteiger partial charge on any atom is -0.344 e. The summed E-state index contributed by atoms with van der Waals surface area (Å²) in [6.07, 6.45) is 0. The van der Waals surface area contributed by atoms with Crippen LogP contribution in [0.25, 0.3) is 0 Å². The zero-order valence-electron chi connectivity index (χ0n) is 10.7. The van der Waals surface area contributed by atoms with Crippen LogP contribution in [0.5, 0.6) is 0 Å². The van der Waals surface area contributed by atoms with Crippen LogP contribution in [0, 0.1) is 11.6 Å². The van der Waals surface area contributed by atoms with Crippen molar-refractivity contribution in [3.05, 3.63) is 51.5 Å². The largest absolute Gasteiger partial charge is 0.344 e. The van der Waals surface area contributed by atoms with Crippen molar-refractivity contribution in [1.82, 2.24) is 10.3 Å². The molecule has 2 rings (SSSR count). The molecule has 1 aromatic heterocycles.